The topological polar surface area (TPSA) is 43.1 Å². The van der Waals surface area contributed by atoms with Gasteiger partial charge in [0.15, 0.2) is 6.29 Å². The number of hydrogen-bond donors (Lipinski definition) is 1. The van der Waals surface area contributed by atoms with E-state index >= 15 is 0 Å². The zero-order valence-electron chi connectivity index (χ0n) is 5.47. The van der Waals surface area contributed by atoms with Crippen molar-refractivity contribution in [3.63, 3.8) is 0 Å². The molecule has 1 rings (SSSR count). The molecule has 1 aromatic carbocycles. The average Bonchev–Trinajstić information content (AvgIpc) is 1.85. The zero-order chi connectivity index (χ0) is 8.43. The van der Waals surface area contributed by atoms with E-state index in [2.05, 4.69) is 0 Å². The van der Waals surface area contributed by atoms with Crippen LogP contribution in [0.15, 0.2) is 12.1 Å². The minimum absolute atomic E-state index is 0.0365. The van der Waals surface area contributed by atoms with Crippen molar-refractivity contribution in [3.05, 3.63) is 29.3 Å². The van der Waals surface area contributed by atoms with Crippen LogP contribution in [0, 0.1) is 11.6 Å². The van der Waals surface area contributed by atoms with Crippen molar-refractivity contribution in [2.24, 2.45) is 0 Å². The van der Waals surface area contributed by atoms with Gasteiger partial charge in [0.25, 0.3) is 0 Å². The van der Waals surface area contributed by atoms with Crippen LogP contribution in [0.2, 0.25) is 0 Å². The molecule has 0 spiro atoms. The normalized spacial score (nSPS) is 9.64. The van der Waals surface area contributed by atoms with Gasteiger partial charge in [-0.2, -0.15) is 0 Å². The average molecular weight is 157 g/mol. The van der Waals surface area contributed by atoms with E-state index in [0.717, 1.165) is 12.1 Å². The fourth-order valence-corrected chi connectivity index (χ4v) is 0.716. The Morgan fingerprint density at radius 1 is 1.27 bits per heavy atom. The molecule has 4 heteroatoms. The van der Waals surface area contributed by atoms with Crippen LogP contribution >= 0.6 is 0 Å². The summed E-state index contributed by atoms with van der Waals surface area (Å²) < 4.78 is 25.1. The smallest absolute Gasteiger partial charge is 0.155 e. The van der Waals surface area contributed by atoms with E-state index in [1.807, 2.05) is 0 Å². The Labute approximate surface area is 61.6 Å². The molecule has 0 amide bonds. The van der Waals surface area contributed by atoms with Gasteiger partial charge in [0.05, 0.1) is 5.56 Å². The molecule has 0 saturated heterocycles. The van der Waals surface area contributed by atoms with E-state index in [-0.39, 0.29) is 12.0 Å². The molecule has 11 heavy (non-hydrogen) atoms. The lowest BCUT2D eigenvalue weighted by atomic mass is 10.2. The Morgan fingerprint density at radius 3 is 2.09 bits per heavy atom. The molecular formula is C7H5F2NO. The van der Waals surface area contributed by atoms with Crippen LogP contribution in [0.4, 0.5) is 14.5 Å². The third-order valence-corrected chi connectivity index (χ3v) is 1.22. The molecule has 0 radical (unpaired) electrons. The summed E-state index contributed by atoms with van der Waals surface area (Å²) in [5.41, 5.74) is 4.47. The summed E-state index contributed by atoms with van der Waals surface area (Å²) in [7, 11) is 0. The fraction of sp³-hybridized carbons (Fsp3) is 0. The van der Waals surface area contributed by atoms with Gasteiger partial charge in [0.2, 0.25) is 0 Å². The number of carbonyl (C=O) groups is 1. The van der Waals surface area contributed by atoms with E-state index in [9.17, 15) is 13.6 Å². The van der Waals surface area contributed by atoms with Gasteiger partial charge in [-0.1, -0.05) is 0 Å². The van der Waals surface area contributed by atoms with Gasteiger partial charge in [-0.05, 0) is 12.1 Å². The molecule has 0 aliphatic rings. The van der Waals surface area contributed by atoms with Crippen LogP contribution in [-0.4, -0.2) is 6.29 Å². The molecule has 0 bridgehead atoms. The van der Waals surface area contributed by atoms with Gasteiger partial charge in [-0.3, -0.25) is 4.79 Å². The van der Waals surface area contributed by atoms with Crippen LogP contribution in [0.25, 0.3) is 0 Å². The van der Waals surface area contributed by atoms with E-state index < -0.39 is 17.2 Å². The van der Waals surface area contributed by atoms with Gasteiger partial charge < -0.3 is 5.73 Å². The lowest BCUT2D eigenvalue weighted by Crippen LogP contribution is -1.96. The van der Waals surface area contributed by atoms with Gasteiger partial charge in [-0.25, -0.2) is 8.78 Å². The Balaban J connectivity index is 3.36. The van der Waals surface area contributed by atoms with Crippen molar-refractivity contribution in [2.45, 2.75) is 0 Å². The number of carbonyl (C=O) groups excluding carboxylic acids is 1. The largest absolute Gasteiger partial charge is 0.399 e. The Morgan fingerprint density at radius 2 is 1.73 bits per heavy atom. The van der Waals surface area contributed by atoms with E-state index in [0.29, 0.717) is 0 Å². The molecular weight excluding hydrogens is 152 g/mol. The lowest BCUT2D eigenvalue weighted by molar-refractivity contribution is 0.111. The number of halogens is 2. The molecule has 0 heterocycles. The minimum atomic E-state index is -0.933. The number of nitrogen functional groups attached to an aromatic ring is 1. The standard InChI is InChI=1S/C7H5F2NO/c8-6-1-4(10)2-7(9)5(6)3-11/h1-3H,10H2. The van der Waals surface area contributed by atoms with E-state index in [4.69, 9.17) is 5.73 Å². The molecule has 2 nitrogen and oxygen atoms in total. The Kier molecular flexibility index (Phi) is 1.85. The van der Waals surface area contributed by atoms with Gasteiger partial charge in [-0.15, -0.1) is 0 Å². The predicted octanol–water partition coefficient (Wildman–Crippen LogP) is 1.36. The highest BCUT2D eigenvalue weighted by atomic mass is 19.1. The second kappa shape index (κ2) is 2.65. The highest BCUT2D eigenvalue weighted by molar-refractivity contribution is 5.76. The molecule has 2 N–H and O–H groups in total. The molecule has 0 aliphatic heterocycles. The minimum Gasteiger partial charge on any atom is -0.399 e. The maximum Gasteiger partial charge on any atom is 0.155 e. The molecule has 58 valence electrons. The number of anilines is 1. The number of aldehydes is 1. The first-order valence-electron chi connectivity index (χ1n) is 2.85. The first kappa shape index (κ1) is 7.65. The summed E-state index contributed by atoms with van der Waals surface area (Å²) in [6.45, 7) is 0. The SMILES string of the molecule is Nc1cc(F)c(C=O)c(F)c1. The van der Waals surface area contributed by atoms with E-state index in [1.54, 1.807) is 0 Å². The second-order valence-corrected chi connectivity index (χ2v) is 2.02. The maximum absolute atomic E-state index is 12.6. The Hall–Kier alpha value is -1.45. The molecule has 0 saturated carbocycles. The predicted molar refractivity (Wildman–Crippen MR) is 36.2 cm³/mol. The third-order valence-electron chi connectivity index (χ3n) is 1.22. The molecule has 0 fully saturated rings. The summed E-state index contributed by atoms with van der Waals surface area (Å²) in [5.74, 6) is -1.87. The highest BCUT2D eigenvalue weighted by Gasteiger charge is 2.07. The number of nitrogens with two attached hydrogens (primary N) is 1. The maximum atomic E-state index is 12.6. The van der Waals surface area contributed by atoms with Gasteiger partial charge >= 0.3 is 0 Å². The number of hydrogen-bond acceptors (Lipinski definition) is 2. The first-order chi connectivity index (χ1) is 5.15. The molecule has 0 unspecified atom stereocenters. The number of rotatable bonds is 1. The van der Waals surface area contributed by atoms with Crippen molar-refractivity contribution in [1.29, 1.82) is 0 Å². The van der Waals surface area contributed by atoms with Gasteiger partial charge in [0, 0.05) is 5.69 Å². The van der Waals surface area contributed by atoms with Crippen LogP contribution in [0.3, 0.4) is 0 Å². The first-order valence-corrected chi connectivity index (χ1v) is 2.85. The summed E-state index contributed by atoms with van der Waals surface area (Å²) in [6.07, 6.45) is 0.115. The van der Waals surface area contributed by atoms with E-state index in [1.165, 1.54) is 0 Å². The van der Waals surface area contributed by atoms with Crippen molar-refractivity contribution in [2.75, 3.05) is 5.73 Å². The molecule has 0 atom stereocenters. The van der Waals surface area contributed by atoms with Crippen LogP contribution < -0.4 is 5.73 Å². The summed E-state index contributed by atoms with van der Waals surface area (Å²) in [6, 6.07) is 1.79. The van der Waals surface area contributed by atoms with Crippen molar-refractivity contribution < 1.29 is 13.6 Å². The zero-order valence-corrected chi connectivity index (χ0v) is 5.47. The lowest BCUT2D eigenvalue weighted by Gasteiger charge is -1.97. The van der Waals surface area contributed by atoms with Crippen molar-refractivity contribution >= 4 is 12.0 Å². The number of benzene rings is 1. The third kappa shape index (κ3) is 1.34. The highest BCUT2D eigenvalue weighted by Crippen LogP contribution is 2.14. The fourth-order valence-electron chi connectivity index (χ4n) is 0.716. The van der Waals surface area contributed by atoms with Crippen LogP contribution in [0.1, 0.15) is 10.4 Å². The molecule has 0 aliphatic carbocycles. The van der Waals surface area contributed by atoms with Gasteiger partial charge in [0.1, 0.15) is 11.6 Å². The summed E-state index contributed by atoms with van der Waals surface area (Å²) in [5, 5.41) is 0. The van der Waals surface area contributed by atoms with Crippen molar-refractivity contribution in [1.82, 2.24) is 0 Å². The van der Waals surface area contributed by atoms with Crippen molar-refractivity contribution in [3.8, 4) is 0 Å². The quantitative estimate of drug-likeness (QED) is 0.494. The summed E-state index contributed by atoms with van der Waals surface area (Å²) >= 11 is 0. The Bertz CT molecular complexity index is 275. The van der Waals surface area contributed by atoms with Crippen LogP contribution in [0.5, 0.6) is 0 Å². The monoisotopic (exact) mass is 157 g/mol. The van der Waals surface area contributed by atoms with Crippen LogP contribution in [-0.2, 0) is 0 Å². The molecule has 1 aromatic rings. The summed E-state index contributed by atoms with van der Waals surface area (Å²) in [4.78, 5) is 10.0. The molecule has 0 aromatic heterocycles. The second-order valence-electron chi connectivity index (χ2n) is 2.02.